The second-order valence-electron chi connectivity index (χ2n) is 6.64. The molecule has 1 aromatic carbocycles. The first-order valence-electron chi connectivity index (χ1n) is 8.77. The Bertz CT molecular complexity index is 562. The fraction of sp³-hybridized carbons (Fsp3) is 0.611. The van der Waals surface area contributed by atoms with Crippen LogP contribution in [0.4, 0.5) is 4.39 Å². The summed E-state index contributed by atoms with van der Waals surface area (Å²) in [6.45, 7) is 4.53. The van der Waals surface area contributed by atoms with E-state index >= 15 is 0 Å². The Balaban J connectivity index is 0.00000169. The number of carbonyl (C=O) groups is 1. The van der Waals surface area contributed by atoms with Crippen LogP contribution in [0.25, 0.3) is 0 Å². The molecule has 5 nitrogen and oxygen atoms in total. The monoisotopic (exact) mass is 407 g/mol. The molecule has 1 aromatic rings. The fourth-order valence-electron chi connectivity index (χ4n) is 3.46. The summed E-state index contributed by atoms with van der Waals surface area (Å²) in [5.41, 5.74) is 6.72. The highest BCUT2D eigenvalue weighted by molar-refractivity contribution is 5.85. The molecule has 3 rings (SSSR count). The van der Waals surface area contributed by atoms with Crippen molar-refractivity contribution < 1.29 is 13.9 Å². The van der Waals surface area contributed by atoms with E-state index in [4.69, 9.17) is 10.5 Å². The van der Waals surface area contributed by atoms with E-state index in [1.807, 2.05) is 17.0 Å². The molecule has 2 aliphatic heterocycles. The SMILES string of the molecule is Cl.Cl.NC[C@H]1CC[C@@H](C(=O)N2CCCN(Cc3ccc(F)cc3)CC2)O1. The van der Waals surface area contributed by atoms with Crippen LogP contribution in [0.15, 0.2) is 24.3 Å². The number of nitrogens with two attached hydrogens (primary N) is 1. The van der Waals surface area contributed by atoms with Crippen molar-refractivity contribution >= 4 is 30.7 Å². The Morgan fingerprint density at radius 2 is 1.85 bits per heavy atom. The quantitative estimate of drug-likeness (QED) is 0.830. The van der Waals surface area contributed by atoms with E-state index in [0.29, 0.717) is 13.1 Å². The second-order valence-corrected chi connectivity index (χ2v) is 6.64. The van der Waals surface area contributed by atoms with E-state index < -0.39 is 0 Å². The van der Waals surface area contributed by atoms with Gasteiger partial charge >= 0.3 is 0 Å². The molecular weight excluding hydrogens is 380 g/mol. The van der Waals surface area contributed by atoms with Crippen molar-refractivity contribution in [2.75, 3.05) is 32.7 Å². The number of ether oxygens (including phenoxy) is 1. The van der Waals surface area contributed by atoms with Gasteiger partial charge in [0.2, 0.25) is 0 Å². The van der Waals surface area contributed by atoms with Gasteiger partial charge < -0.3 is 15.4 Å². The zero-order valence-electron chi connectivity index (χ0n) is 14.8. The highest BCUT2D eigenvalue weighted by Gasteiger charge is 2.33. The Kier molecular flexibility index (Phi) is 9.82. The Labute approximate surface area is 166 Å². The molecule has 2 fully saturated rings. The molecule has 148 valence electrons. The lowest BCUT2D eigenvalue weighted by Gasteiger charge is -2.24. The lowest BCUT2D eigenvalue weighted by Crippen LogP contribution is -2.41. The van der Waals surface area contributed by atoms with Crippen molar-refractivity contribution in [3.8, 4) is 0 Å². The number of halogens is 3. The van der Waals surface area contributed by atoms with Gasteiger partial charge in [-0.05, 0) is 37.0 Å². The Morgan fingerprint density at radius 3 is 2.50 bits per heavy atom. The molecule has 0 aliphatic carbocycles. The van der Waals surface area contributed by atoms with Gasteiger partial charge in [0.25, 0.3) is 5.91 Å². The van der Waals surface area contributed by atoms with Crippen molar-refractivity contribution in [3.63, 3.8) is 0 Å². The molecule has 0 unspecified atom stereocenters. The zero-order valence-corrected chi connectivity index (χ0v) is 16.4. The molecule has 2 heterocycles. The average Bonchev–Trinajstić information content (AvgIpc) is 2.96. The highest BCUT2D eigenvalue weighted by Crippen LogP contribution is 2.21. The molecule has 8 heteroatoms. The van der Waals surface area contributed by atoms with Crippen LogP contribution in [0.3, 0.4) is 0 Å². The van der Waals surface area contributed by atoms with Crippen LogP contribution < -0.4 is 5.73 Å². The molecule has 1 amide bonds. The zero-order chi connectivity index (χ0) is 16.9. The summed E-state index contributed by atoms with van der Waals surface area (Å²) < 4.78 is 18.7. The summed E-state index contributed by atoms with van der Waals surface area (Å²) in [4.78, 5) is 16.9. The number of carbonyl (C=O) groups excluding carboxylic acids is 1. The minimum absolute atomic E-state index is 0. The van der Waals surface area contributed by atoms with Gasteiger partial charge in [0.05, 0.1) is 6.10 Å². The standard InChI is InChI=1S/C18H26FN3O2.2ClH/c19-15-4-2-14(3-5-15)13-21-8-1-9-22(11-10-21)18(23)17-7-6-16(12-20)24-17;;/h2-5,16-17H,1,6-13,20H2;2*1H/t16-,17+;;/m1../s1. The number of hydrogen-bond donors (Lipinski definition) is 1. The van der Waals surface area contributed by atoms with E-state index in [0.717, 1.165) is 51.0 Å². The maximum Gasteiger partial charge on any atom is 0.251 e. The number of amides is 1. The number of rotatable bonds is 4. The normalized spacial score (nSPS) is 23.7. The molecule has 0 saturated carbocycles. The highest BCUT2D eigenvalue weighted by atomic mass is 35.5. The van der Waals surface area contributed by atoms with Crippen LogP contribution in [0.5, 0.6) is 0 Å². The van der Waals surface area contributed by atoms with E-state index in [9.17, 15) is 9.18 Å². The maximum absolute atomic E-state index is 13.0. The lowest BCUT2D eigenvalue weighted by atomic mass is 10.2. The first-order chi connectivity index (χ1) is 11.7. The number of benzene rings is 1. The Morgan fingerprint density at radius 1 is 1.12 bits per heavy atom. The van der Waals surface area contributed by atoms with Crippen LogP contribution in [-0.4, -0.2) is 60.6 Å². The Hall–Kier alpha value is -0.920. The van der Waals surface area contributed by atoms with E-state index in [2.05, 4.69) is 4.90 Å². The molecule has 2 saturated heterocycles. The van der Waals surface area contributed by atoms with Gasteiger partial charge in [-0.2, -0.15) is 0 Å². The van der Waals surface area contributed by atoms with Gasteiger partial charge in [-0.3, -0.25) is 9.69 Å². The van der Waals surface area contributed by atoms with Gasteiger partial charge in [0.15, 0.2) is 0 Å². The van der Waals surface area contributed by atoms with Gasteiger partial charge in [-0.1, -0.05) is 12.1 Å². The van der Waals surface area contributed by atoms with Gasteiger partial charge in [-0.25, -0.2) is 4.39 Å². The minimum atomic E-state index is -0.317. The van der Waals surface area contributed by atoms with Crippen molar-refractivity contribution in [2.24, 2.45) is 5.73 Å². The second kappa shape index (κ2) is 11.0. The molecule has 2 aliphatic rings. The van der Waals surface area contributed by atoms with Crippen molar-refractivity contribution in [3.05, 3.63) is 35.6 Å². The topological polar surface area (TPSA) is 58.8 Å². The molecule has 0 bridgehead atoms. The van der Waals surface area contributed by atoms with Crippen molar-refractivity contribution in [1.29, 1.82) is 0 Å². The first-order valence-corrected chi connectivity index (χ1v) is 8.77. The van der Waals surface area contributed by atoms with E-state index in [-0.39, 0.29) is 48.7 Å². The fourth-order valence-corrected chi connectivity index (χ4v) is 3.46. The number of hydrogen-bond acceptors (Lipinski definition) is 4. The van der Waals surface area contributed by atoms with Gasteiger partial charge in [0, 0.05) is 39.3 Å². The summed E-state index contributed by atoms with van der Waals surface area (Å²) >= 11 is 0. The van der Waals surface area contributed by atoms with Crippen LogP contribution in [0.1, 0.15) is 24.8 Å². The molecule has 0 aromatic heterocycles. The van der Waals surface area contributed by atoms with Crippen LogP contribution in [-0.2, 0) is 16.1 Å². The smallest absolute Gasteiger partial charge is 0.251 e. The molecule has 2 atom stereocenters. The molecule has 26 heavy (non-hydrogen) atoms. The van der Waals surface area contributed by atoms with Crippen LogP contribution in [0.2, 0.25) is 0 Å². The van der Waals surface area contributed by atoms with Gasteiger partial charge in [-0.15, -0.1) is 24.8 Å². The summed E-state index contributed by atoms with van der Waals surface area (Å²) in [7, 11) is 0. The average molecular weight is 408 g/mol. The summed E-state index contributed by atoms with van der Waals surface area (Å²) in [5.74, 6) is -0.103. The third kappa shape index (κ3) is 6.06. The molecule has 0 spiro atoms. The van der Waals surface area contributed by atoms with Crippen LogP contribution in [0, 0.1) is 5.82 Å². The molecule has 0 radical (unpaired) electrons. The van der Waals surface area contributed by atoms with Crippen molar-refractivity contribution in [1.82, 2.24) is 9.80 Å². The lowest BCUT2D eigenvalue weighted by molar-refractivity contribution is -0.142. The molecule has 2 N–H and O–H groups in total. The summed E-state index contributed by atoms with van der Waals surface area (Å²) in [6.07, 6.45) is 2.30. The number of nitrogens with zero attached hydrogens (tertiary/aromatic N) is 2. The third-order valence-corrected chi connectivity index (χ3v) is 4.87. The van der Waals surface area contributed by atoms with Gasteiger partial charge in [0.1, 0.15) is 11.9 Å². The predicted molar refractivity (Wildman–Crippen MR) is 104 cm³/mol. The van der Waals surface area contributed by atoms with E-state index in [1.165, 1.54) is 12.1 Å². The molecular formula is C18H28Cl2FN3O2. The third-order valence-electron chi connectivity index (χ3n) is 4.87. The first kappa shape index (κ1) is 23.1. The summed E-state index contributed by atoms with van der Waals surface area (Å²) in [6, 6.07) is 6.63. The predicted octanol–water partition coefficient (Wildman–Crippen LogP) is 2.21. The van der Waals surface area contributed by atoms with E-state index in [1.54, 1.807) is 0 Å². The van der Waals surface area contributed by atoms with Crippen molar-refractivity contribution in [2.45, 2.75) is 38.0 Å². The summed E-state index contributed by atoms with van der Waals surface area (Å²) in [5, 5.41) is 0. The largest absolute Gasteiger partial charge is 0.364 e. The van der Waals surface area contributed by atoms with Crippen LogP contribution >= 0.6 is 24.8 Å². The maximum atomic E-state index is 13.0. The minimum Gasteiger partial charge on any atom is -0.364 e.